The van der Waals surface area contributed by atoms with Crippen molar-refractivity contribution in [2.45, 2.75) is 16.3 Å². The van der Waals surface area contributed by atoms with E-state index in [1.807, 2.05) is 42.5 Å². The van der Waals surface area contributed by atoms with Gasteiger partial charge >= 0.3 is 0 Å². The molecule has 2 amide bonds. The lowest BCUT2D eigenvalue weighted by Crippen LogP contribution is -2.52. The summed E-state index contributed by atoms with van der Waals surface area (Å²) in [6, 6.07) is 12.4. The van der Waals surface area contributed by atoms with Gasteiger partial charge in [0, 0.05) is 16.4 Å². The highest BCUT2D eigenvalue weighted by Gasteiger charge is 2.34. The molecule has 2 heterocycles. The van der Waals surface area contributed by atoms with Crippen LogP contribution in [0.15, 0.2) is 51.8 Å². The van der Waals surface area contributed by atoms with Crippen molar-refractivity contribution < 1.29 is 14.3 Å². The maximum atomic E-state index is 12.7. The average molecular weight is 434 g/mol. The number of anilines is 2. The zero-order valence-corrected chi connectivity index (χ0v) is 16.3. The first-order valence-corrected chi connectivity index (χ1v) is 9.73. The molecular weight excluding hydrogens is 418 g/mol. The number of nitrogens with one attached hydrogen (secondary N) is 2. The van der Waals surface area contributed by atoms with E-state index in [1.54, 1.807) is 7.05 Å². The van der Waals surface area contributed by atoms with E-state index in [1.165, 1.54) is 16.7 Å². The highest BCUT2D eigenvalue weighted by Crippen LogP contribution is 2.43. The van der Waals surface area contributed by atoms with Crippen LogP contribution in [0.4, 0.5) is 11.4 Å². The molecule has 0 fully saturated rings. The Morgan fingerprint density at radius 1 is 1.31 bits per heavy atom. The predicted octanol–water partition coefficient (Wildman–Crippen LogP) is 2.83. The van der Waals surface area contributed by atoms with Crippen molar-refractivity contribution in [3.8, 4) is 5.75 Å². The number of hydrogen-bond donors (Lipinski definition) is 2. The molecule has 26 heavy (non-hydrogen) atoms. The van der Waals surface area contributed by atoms with Crippen molar-refractivity contribution in [2.24, 2.45) is 0 Å². The highest BCUT2D eigenvalue weighted by atomic mass is 79.9. The van der Waals surface area contributed by atoms with Gasteiger partial charge in [0.1, 0.15) is 18.4 Å². The van der Waals surface area contributed by atoms with Gasteiger partial charge in [-0.3, -0.25) is 9.59 Å². The number of amides is 2. The average Bonchev–Trinajstić information content (AvgIpc) is 3.05. The Morgan fingerprint density at radius 3 is 2.92 bits per heavy atom. The van der Waals surface area contributed by atoms with Crippen molar-refractivity contribution in [1.82, 2.24) is 5.32 Å². The summed E-state index contributed by atoms with van der Waals surface area (Å²) in [7, 11) is 1.69. The van der Waals surface area contributed by atoms with Gasteiger partial charge in [0.2, 0.25) is 0 Å². The fourth-order valence-electron chi connectivity index (χ4n) is 2.95. The predicted molar refractivity (Wildman–Crippen MR) is 105 cm³/mol. The second-order valence-electron chi connectivity index (χ2n) is 6.00. The Labute approximate surface area is 163 Å². The van der Waals surface area contributed by atoms with Gasteiger partial charge in [-0.15, -0.1) is 0 Å². The van der Waals surface area contributed by atoms with Gasteiger partial charge in [-0.2, -0.15) is 0 Å². The second kappa shape index (κ2) is 6.85. The van der Waals surface area contributed by atoms with E-state index in [0.717, 1.165) is 15.1 Å². The Kier molecular flexibility index (Phi) is 4.54. The monoisotopic (exact) mass is 433 g/mol. The number of carbonyl (C=O) groups is 2. The van der Waals surface area contributed by atoms with Gasteiger partial charge in [0.25, 0.3) is 11.8 Å². The SMILES string of the molecule is CN1C(=O)C(NC(=O)C2Nc3cccc(Br)c3S2)COc2ccccc21. The van der Waals surface area contributed by atoms with Crippen molar-refractivity contribution in [1.29, 1.82) is 0 Å². The number of nitrogens with zero attached hydrogens (tertiary/aromatic N) is 1. The van der Waals surface area contributed by atoms with Crippen LogP contribution in [-0.4, -0.2) is 36.9 Å². The Balaban J connectivity index is 1.47. The smallest absolute Gasteiger partial charge is 0.254 e. The first kappa shape index (κ1) is 17.2. The lowest BCUT2D eigenvalue weighted by molar-refractivity contribution is -0.127. The minimum absolute atomic E-state index is 0.0972. The van der Waals surface area contributed by atoms with Gasteiger partial charge < -0.3 is 20.3 Å². The zero-order valence-electron chi connectivity index (χ0n) is 13.9. The number of halogens is 1. The second-order valence-corrected chi connectivity index (χ2v) is 7.97. The number of rotatable bonds is 2. The molecule has 2 N–H and O–H groups in total. The normalized spacial score (nSPS) is 21.2. The van der Waals surface area contributed by atoms with Crippen molar-refractivity contribution in [2.75, 3.05) is 23.9 Å². The van der Waals surface area contributed by atoms with Crippen LogP contribution < -0.4 is 20.3 Å². The third-order valence-corrected chi connectivity index (χ3v) is 6.47. The van der Waals surface area contributed by atoms with Gasteiger partial charge in [-0.1, -0.05) is 30.0 Å². The molecular formula is C18H16BrN3O3S. The van der Waals surface area contributed by atoms with Gasteiger partial charge in [0.15, 0.2) is 5.37 Å². The molecule has 0 aromatic heterocycles. The van der Waals surface area contributed by atoms with Crippen LogP contribution in [0.1, 0.15) is 0 Å². The van der Waals surface area contributed by atoms with Gasteiger partial charge in [0.05, 0.1) is 11.4 Å². The maximum Gasteiger partial charge on any atom is 0.254 e. The van der Waals surface area contributed by atoms with Crippen molar-refractivity contribution in [3.63, 3.8) is 0 Å². The summed E-state index contributed by atoms with van der Waals surface area (Å²) in [5.74, 6) is 0.175. The molecule has 2 aliphatic rings. The molecule has 4 rings (SSSR count). The Hall–Kier alpha value is -2.19. The van der Waals surface area contributed by atoms with Crippen LogP contribution in [0.2, 0.25) is 0 Å². The number of fused-ring (bicyclic) bond motifs is 2. The lowest BCUT2D eigenvalue weighted by Gasteiger charge is -2.21. The molecule has 2 aromatic rings. The highest BCUT2D eigenvalue weighted by molar-refractivity contribution is 9.10. The number of ether oxygens (including phenoxy) is 1. The van der Waals surface area contributed by atoms with Crippen LogP contribution in [0.3, 0.4) is 0 Å². The molecule has 0 bridgehead atoms. The number of hydrogen-bond acceptors (Lipinski definition) is 5. The lowest BCUT2D eigenvalue weighted by atomic mass is 10.2. The van der Waals surface area contributed by atoms with Crippen LogP contribution in [0.5, 0.6) is 5.75 Å². The summed E-state index contributed by atoms with van der Waals surface area (Å²) in [5.41, 5.74) is 1.59. The van der Waals surface area contributed by atoms with E-state index in [2.05, 4.69) is 26.6 Å². The van der Waals surface area contributed by atoms with Crippen LogP contribution in [0, 0.1) is 0 Å². The van der Waals surface area contributed by atoms with E-state index in [0.29, 0.717) is 11.4 Å². The molecule has 6 nitrogen and oxygen atoms in total. The summed E-state index contributed by atoms with van der Waals surface area (Å²) >= 11 is 4.91. The summed E-state index contributed by atoms with van der Waals surface area (Å²) in [6.45, 7) is 0.0972. The van der Waals surface area contributed by atoms with Crippen molar-refractivity contribution in [3.05, 3.63) is 46.9 Å². The van der Waals surface area contributed by atoms with E-state index in [9.17, 15) is 9.59 Å². The molecule has 0 saturated heterocycles. The van der Waals surface area contributed by atoms with E-state index < -0.39 is 11.4 Å². The molecule has 2 atom stereocenters. The third kappa shape index (κ3) is 3.03. The molecule has 0 radical (unpaired) electrons. The van der Waals surface area contributed by atoms with Crippen LogP contribution >= 0.6 is 27.7 Å². The standard InChI is InChI=1S/C18H16BrN3O3S/c1-22-13-7-2-3-8-14(13)25-9-12(18(22)24)20-16(23)17-21-11-6-4-5-10(19)15(11)26-17/h2-8,12,17,21H,9H2,1H3,(H,20,23). The molecule has 0 saturated carbocycles. The van der Waals surface area contributed by atoms with E-state index in [-0.39, 0.29) is 18.4 Å². The van der Waals surface area contributed by atoms with Gasteiger partial charge in [-0.25, -0.2) is 0 Å². The number of carbonyl (C=O) groups excluding carboxylic acids is 2. The minimum atomic E-state index is -0.741. The Bertz CT molecular complexity index is 892. The van der Waals surface area contributed by atoms with Gasteiger partial charge in [-0.05, 0) is 40.2 Å². The zero-order chi connectivity index (χ0) is 18.3. The number of benzene rings is 2. The first-order chi connectivity index (χ1) is 12.5. The largest absolute Gasteiger partial charge is 0.489 e. The third-order valence-electron chi connectivity index (χ3n) is 4.30. The molecule has 2 aromatic carbocycles. The summed E-state index contributed by atoms with van der Waals surface area (Å²) < 4.78 is 6.67. The van der Waals surface area contributed by atoms with Crippen LogP contribution in [0.25, 0.3) is 0 Å². The number of para-hydroxylation sites is 2. The van der Waals surface area contributed by atoms with Crippen molar-refractivity contribution >= 4 is 50.9 Å². The molecule has 8 heteroatoms. The topological polar surface area (TPSA) is 70.7 Å². The maximum absolute atomic E-state index is 12.7. The fourth-order valence-corrected chi connectivity index (χ4v) is 4.63. The Morgan fingerprint density at radius 2 is 2.12 bits per heavy atom. The summed E-state index contributed by atoms with van der Waals surface area (Å²) in [4.78, 5) is 27.9. The fraction of sp³-hybridized carbons (Fsp3) is 0.222. The summed E-state index contributed by atoms with van der Waals surface area (Å²) in [5, 5.41) is 5.50. The van der Waals surface area contributed by atoms with E-state index in [4.69, 9.17) is 4.74 Å². The molecule has 2 aliphatic heterocycles. The number of thioether (sulfide) groups is 1. The number of likely N-dealkylation sites (N-methyl/N-ethyl adjacent to an activating group) is 1. The first-order valence-electron chi connectivity index (χ1n) is 8.06. The molecule has 2 unspecified atom stereocenters. The molecule has 0 aliphatic carbocycles. The minimum Gasteiger partial charge on any atom is -0.489 e. The molecule has 0 spiro atoms. The summed E-state index contributed by atoms with van der Waals surface area (Å²) in [6.07, 6.45) is 0. The molecule has 134 valence electrons. The van der Waals surface area contributed by atoms with Crippen LogP contribution in [-0.2, 0) is 9.59 Å². The quantitative estimate of drug-likeness (QED) is 0.761. The van der Waals surface area contributed by atoms with E-state index >= 15 is 0 Å².